The van der Waals surface area contributed by atoms with E-state index in [1.807, 2.05) is 0 Å². The third kappa shape index (κ3) is 4.87. The van der Waals surface area contributed by atoms with Gasteiger partial charge in [0.05, 0.1) is 6.26 Å². The van der Waals surface area contributed by atoms with Crippen LogP contribution in [0.1, 0.15) is 27.2 Å². The molecule has 0 saturated carbocycles. The first kappa shape index (κ1) is 25.7. The molecule has 37 heavy (non-hydrogen) atoms. The fourth-order valence-corrected chi connectivity index (χ4v) is 3.75. The summed E-state index contributed by atoms with van der Waals surface area (Å²) in [6.45, 7) is 0. The number of anilines is 1. The summed E-state index contributed by atoms with van der Waals surface area (Å²) < 4.78 is 103. The largest absolute Gasteiger partial charge is 0.461 e. The van der Waals surface area contributed by atoms with Gasteiger partial charge in [-0.1, -0.05) is 66.7 Å². The Bertz CT molecular complexity index is 1400. The lowest BCUT2D eigenvalue weighted by molar-refractivity contribution is -0.143. The molecule has 1 unspecified atom stereocenters. The smallest absolute Gasteiger partial charge is 0.422 e. The molecule has 0 bridgehead atoms. The first-order valence-corrected chi connectivity index (χ1v) is 10.7. The van der Waals surface area contributed by atoms with E-state index in [4.69, 9.17) is 4.42 Å². The molecule has 0 aliphatic carbocycles. The summed E-state index contributed by atoms with van der Waals surface area (Å²) in [5, 5.41) is 2.17. The van der Waals surface area contributed by atoms with Crippen LogP contribution in [0.2, 0.25) is 0 Å². The maximum atomic E-state index is 14.9. The molecule has 0 aliphatic rings. The molecule has 1 aromatic heterocycles. The second kappa shape index (κ2) is 9.96. The van der Waals surface area contributed by atoms with E-state index in [9.17, 15) is 35.5 Å². The van der Waals surface area contributed by atoms with Gasteiger partial charge >= 0.3 is 6.18 Å². The van der Waals surface area contributed by atoms with Crippen LogP contribution in [-0.2, 0) is 11.7 Å². The van der Waals surface area contributed by atoms with E-state index in [0.717, 1.165) is 6.26 Å². The Morgan fingerprint density at radius 3 is 1.84 bits per heavy atom. The zero-order valence-electron chi connectivity index (χ0n) is 18.6. The average Bonchev–Trinajstić information content (AvgIpc) is 3.42. The molecular weight excluding hydrogens is 503 g/mol. The number of nitrogens with one attached hydrogen (secondary N) is 1. The number of carbonyl (C=O) groups excluding carboxylic acids is 1. The van der Waals surface area contributed by atoms with Gasteiger partial charge in [-0.3, -0.25) is 4.79 Å². The standard InChI is InChI=1S/C27H16F7NO2/c28-20-19(27(32,33)34)21(29)23(31)24(22(20)30)35-26(17-10-5-2-6-11-17,25(36)18-12-7-15-37-18)14-13-16-8-3-1-4-9-16/h1-15,35H/b14-13+. The quantitative estimate of drug-likeness (QED) is 0.154. The van der Waals surface area contributed by atoms with E-state index >= 15 is 0 Å². The molecule has 0 spiro atoms. The number of hydrogen-bond acceptors (Lipinski definition) is 3. The molecule has 10 heteroatoms. The van der Waals surface area contributed by atoms with Crippen molar-refractivity contribution in [2.75, 3.05) is 5.32 Å². The summed E-state index contributed by atoms with van der Waals surface area (Å²) in [4.78, 5) is 13.8. The lowest BCUT2D eigenvalue weighted by Gasteiger charge is -2.32. The SMILES string of the molecule is O=C(c1ccco1)C(/C=C/c1ccccc1)(Nc1c(F)c(F)c(C(F)(F)F)c(F)c1F)c1ccccc1. The topological polar surface area (TPSA) is 42.2 Å². The summed E-state index contributed by atoms with van der Waals surface area (Å²) in [5.41, 5.74) is -6.04. The third-order valence-electron chi connectivity index (χ3n) is 5.53. The number of benzene rings is 3. The molecule has 4 aromatic rings. The van der Waals surface area contributed by atoms with Crippen molar-refractivity contribution < 1.29 is 39.9 Å². The van der Waals surface area contributed by atoms with Crippen molar-refractivity contribution in [3.63, 3.8) is 0 Å². The van der Waals surface area contributed by atoms with Crippen LogP contribution in [0, 0.1) is 23.3 Å². The van der Waals surface area contributed by atoms with Crippen molar-refractivity contribution in [1.29, 1.82) is 0 Å². The fraction of sp³-hybridized carbons (Fsp3) is 0.0741. The van der Waals surface area contributed by atoms with Crippen LogP contribution in [0.25, 0.3) is 6.08 Å². The van der Waals surface area contributed by atoms with Crippen LogP contribution in [-0.4, -0.2) is 5.78 Å². The first-order valence-electron chi connectivity index (χ1n) is 10.7. The minimum absolute atomic E-state index is 0.0445. The van der Waals surface area contributed by atoms with Crippen molar-refractivity contribution >= 4 is 17.5 Å². The van der Waals surface area contributed by atoms with Gasteiger partial charge < -0.3 is 9.73 Å². The number of alkyl halides is 3. The Morgan fingerprint density at radius 2 is 1.32 bits per heavy atom. The Labute approximate surface area is 205 Å². The lowest BCUT2D eigenvalue weighted by Crippen LogP contribution is -2.42. The lowest BCUT2D eigenvalue weighted by atomic mass is 9.83. The van der Waals surface area contributed by atoms with Crippen LogP contribution in [0.4, 0.5) is 36.4 Å². The minimum atomic E-state index is -5.72. The van der Waals surface area contributed by atoms with Gasteiger partial charge in [0.25, 0.3) is 0 Å². The van der Waals surface area contributed by atoms with Gasteiger partial charge in [-0.05, 0) is 29.3 Å². The van der Waals surface area contributed by atoms with Crippen LogP contribution in [0.3, 0.4) is 0 Å². The van der Waals surface area contributed by atoms with Gasteiger partial charge in [-0.15, -0.1) is 0 Å². The molecule has 190 valence electrons. The molecule has 0 amide bonds. The third-order valence-corrected chi connectivity index (χ3v) is 5.53. The number of carbonyl (C=O) groups is 1. The summed E-state index contributed by atoms with van der Waals surface area (Å²) in [6.07, 6.45) is -1.99. The summed E-state index contributed by atoms with van der Waals surface area (Å²) >= 11 is 0. The Kier molecular flexibility index (Phi) is 6.93. The Hall–Kier alpha value is -4.34. The van der Waals surface area contributed by atoms with Crippen LogP contribution in [0.15, 0.2) is 89.6 Å². The van der Waals surface area contributed by atoms with E-state index in [2.05, 4.69) is 5.32 Å². The maximum Gasteiger partial charge on any atom is 0.422 e. The Balaban J connectivity index is 2.00. The fourth-order valence-electron chi connectivity index (χ4n) is 3.75. The van der Waals surface area contributed by atoms with Gasteiger partial charge in [-0.2, -0.15) is 13.2 Å². The van der Waals surface area contributed by atoms with E-state index in [0.29, 0.717) is 5.56 Å². The highest BCUT2D eigenvalue weighted by Crippen LogP contribution is 2.41. The molecule has 4 rings (SSSR count). The number of rotatable bonds is 7. The second-order valence-electron chi connectivity index (χ2n) is 7.85. The van der Waals surface area contributed by atoms with Gasteiger partial charge in [-0.25, -0.2) is 17.6 Å². The summed E-state index contributed by atoms with van der Waals surface area (Å²) in [6, 6.07) is 18.3. The predicted octanol–water partition coefficient (Wildman–Crippen LogP) is 7.76. The molecule has 1 atom stereocenters. The molecule has 1 N–H and O–H groups in total. The number of halogens is 7. The summed E-state index contributed by atoms with van der Waals surface area (Å²) in [5.74, 6) is -11.3. The predicted molar refractivity (Wildman–Crippen MR) is 122 cm³/mol. The Morgan fingerprint density at radius 1 is 0.757 bits per heavy atom. The van der Waals surface area contributed by atoms with Crippen molar-refractivity contribution in [3.8, 4) is 0 Å². The summed E-state index contributed by atoms with van der Waals surface area (Å²) in [7, 11) is 0. The number of ketones is 1. The second-order valence-corrected chi connectivity index (χ2v) is 7.85. The number of furan rings is 1. The first-order chi connectivity index (χ1) is 17.6. The molecule has 0 radical (unpaired) electrons. The molecule has 0 aliphatic heterocycles. The minimum Gasteiger partial charge on any atom is -0.461 e. The molecule has 3 nitrogen and oxygen atoms in total. The van der Waals surface area contributed by atoms with E-state index in [1.165, 1.54) is 48.6 Å². The normalized spacial score (nSPS) is 13.5. The highest BCUT2D eigenvalue weighted by Gasteiger charge is 2.46. The van der Waals surface area contributed by atoms with E-state index < -0.39 is 52.0 Å². The van der Waals surface area contributed by atoms with Gasteiger partial charge in [0.1, 0.15) is 16.8 Å². The molecule has 0 saturated heterocycles. The van der Waals surface area contributed by atoms with E-state index in [-0.39, 0.29) is 11.3 Å². The molecular formula is C27H16F7NO2. The number of Topliss-reactive ketones (excluding diaryl/α,β-unsaturated/α-hetero) is 1. The van der Waals surface area contributed by atoms with Crippen molar-refractivity contribution in [2.24, 2.45) is 0 Å². The van der Waals surface area contributed by atoms with Gasteiger partial charge in [0.2, 0.25) is 5.78 Å². The highest BCUT2D eigenvalue weighted by atomic mass is 19.4. The van der Waals surface area contributed by atoms with Crippen LogP contribution < -0.4 is 5.32 Å². The maximum absolute atomic E-state index is 14.9. The number of hydrogen-bond donors (Lipinski definition) is 1. The van der Waals surface area contributed by atoms with Crippen LogP contribution >= 0.6 is 0 Å². The van der Waals surface area contributed by atoms with E-state index in [1.54, 1.807) is 36.4 Å². The van der Waals surface area contributed by atoms with Crippen molar-refractivity contribution in [2.45, 2.75) is 11.7 Å². The zero-order chi connectivity index (χ0) is 26.8. The molecule has 0 fully saturated rings. The van der Waals surface area contributed by atoms with Crippen LogP contribution in [0.5, 0.6) is 0 Å². The average molecular weight is 519 g/mol. The zero-order valence-corrected chi connectivity index (χ0v) is 18.6. The highest BCUT2D eigenvalue weighted by molar-refractivity contribution is 6.06. The van der Waals surface area contributed by atoms with Crippen molar-refractivity contribution in [1.82, 2.24) is 0 Å². The van der Waals surface area contributed by atoms with Crippen molar-refractivity contribution in [3.05, 3.63) is 131 Å². The van der Waals surface area contributed by atoms with Gasteiger partial charge in [0, 0.05) is 0 Å². The molecule has 1 heterocycles. The monoisotopic (exact) mass is 519 g/mol. The molecule has 3 aromatic carbocycles. The van der Waals surface area contributed by atoms with Gasteiger partial charge in [0.15, 0.2) is 29.0 Å².